The summed E-state index contributed by atoms with van der Waals surface area (Å²) < 4.78 is 56.4. The van der Waals surface area contributed by atoms with Crippen molar-refractivity contribution in [3.63, 3.8) is 0 Å². The molecular weight excluding hydrogens is 571 g/mol. The predicted molar refractivity (Wildman–Crippen MR) is 146 cm³/mol. The lowest BCUT2D eigenvalue weighted by molar-refractivity contribution is -0.136. The minimum atomic E-state index is -3.51. The van der Waals surface area contributed by atoms with E-state index in [1.165, 1.54) is 41.0 Å². The second-order valence-electron chi connectivity index (χ2n) is 8.92. The number of methoxy groups -OCH3 is 2. The standard InChI is InChI=1S/C25H30ClFN4O6S2/c1-35-10-11-37-12-14-39(33,34)31-8-5-16(6-9-31)21-20(25(32)36-2)22(18-4-3-17(27)15-19(18)26)30-23(29-21)24-28-7-13-38-24/h3-4,7,13,15-16,22H,5-6,8-12,14H2,1-2H3,(H,29,30)/t22-/m1/s1. The van der Waals surface area contributed by atoms with Gasteiger partial charge < -0.3 is 19.5 Å². The normalized spacial score (nSPS) is 19.1. The summed E-state index contributed by atoms with van der Waals surface area (Å²) in [4.78, 5) is 22.2. The van der Waals surface area contributed by atoms with Crippen LogP contribution in [0.2, 0.25) is 5.02 Å². The number of thiazole rings is 1. The molecule has 10 nitrogen and oxygen atoms in total. The first-order valence-electron chi connectivity index (χ1n) is 12.3. The summed E-state index contributed by atoms with van der Waals surface area (Å²) in [5.41, 5.74) is 1.27. The highest BCUT2D eigenvalue weighted by Crippen LogP contribution is 2.40. The van der Waals surface area contributed by atoms with E-state index in [0.29, 0.717) is 48.2 Å². The average Bonchev–Trinajstić information content (AvgIpc) is 3.47. The minimum Gasteiger partial charge on any atom is -0.466 e. The molecule has 0 bridgehead atoms. The Morgan fingerprint density at radius 1 is 1.23 bits per heavy atom. The van der Waals surface area contributed by atoms with Crippen LogP contribution >= 0.6 is 22.9 Å². The van der Waals surface area contributed by atoms with Crippen molar-refractivity contribution in [2.75, 3.05) is 52.9 Å². The molecule has 1 saturated heterocycles. The average molecular weight is 601 g/mol. The molecule has 4 rings (SSSR count). The number of hydrogen-bond donors (Lipinski definition) is 1. The fourth-order valence-corrected chi connectivity index (χ4v) is 6.79. The number of ether oxygens (including phenoxy) is 3. The second-order valence-corrected chi connectivity index (χ2v) is 12.3. The lowest BCUT2D eigenvalue weighted by Gasteiger charge is -2.36. The molecule has 212 valence electrons. The van der Waals surface area contributed by atoms with Crippen LogP contribution in [0.1, 0.15) is 29.5 Å². The molecule has 3 heterocycles. The zero-order chi connectivity index (χ0) is 28.0. The molecule has 1 N–H and O–H groups in total. The first-order valence-corrected chi connectivity index (χ1v) is 15.2. The Balaban J connectivity index is 1.61. The summed E-state index contributed by atoms with van der Waals surface area (Å²) in [7, 11) is -0.686. The molecule has 0 radical (unpaired) electrons. The third kappa shape index (κ3) is 7.02. The number of allylic oxidation sites excluding steroid dienone is 1. The number of rotatable bonds is 11. The number of carbonyl (C=O) groups excluding carboxylic acids is 1. The van der Waals surface area contributed by atoms with Gasteiger partial charge in [-0.15, -0.1) is 11.3 Å². The number of carbonyl (C=O) groups is 1. The van der Waals surface area contributed by atoms with Crippen LogP contribution in [0.5, 0.6) is 0 Å². The Bertz CT molecular complexity index is 1330. The Hall–Kier alpha value is -2.42. The van der Waals surface area contributed by atoms with Gasteiger partial charge in [0.1, 0.15) is 11.9 Å². The number of hydrogen-bond acceptors (Lipinski definition) is 10. The zero-order valence-electron chi connectivity index (χ0n) is 21.6. The molecule has 1 fully saturated rings. The van der Waals surface area contributed by atoms with Crippen LogP contribution in [0.25, 0.3) is 0 Å². The molecule has 39 heavy (non-hydrogen) atoms. The lowest BCUT2D eigenvalue weighted by atomic mass is 9.86. The molecular formula is C25H30ClFN4O6S2. The molecule has 2 aromatic rings. The van der Waals surface area contributed by atoms with Gasteiger partial charge in [0.15, 0.2) is 10.8 Å². The summed E-state index contributed by atoms with van der Waals surface area (Å²) in [6, 6.07) is 3.07. The molecule has 1 aromatic heterocycles. The summed E-state index contributed by atoms with van der Waals surface area (Å²) in [6.07, 6.45) is 2.56. The van der Waals surface area contributed by atoms with Crippen LogP contribution in [0.3, 0.4) is 0 Å². The van der Waals surface area contributed by atoms with Crippen molar-refractivity contribution < 1.29 is 31.8 Å². The van der Waals surface area contributed by atoms with E-state index in [9.17, 15) is 17.6 Å². The quantitative estimate of drug-likeness (QED) is 0.309. The maximum atomic E-state index is 13.9. The largest absolute Gasteiger partial charge is 0.466 e. The van der Waals surface area contributed by atoms with Gasteiger partial charge in [0.25, 0.3) is 0 Å². The highest BCUT2D eigenvalue weighted by Gasteiger charge is 2.38. The highest BCUT2D eigenvalue weighted by atomic mass is 35.5. The third-order valence-corrected chi connectivity index (χ3v) is 9.49. The van der Waals surface area contributed by atoms with Crippen LogP contribution in [0, 0.1) is 11.7 Å². The Labute approximate surface area is 235 Å². The third-order valence-electron chi connectivity index (χ3n) is 6.55. The van der Waals surface area contributed by atoms with Crippen molar-refractivity contribution in [1.82, 2.24) is 14.6 Å². The molecule has 1 atom stereocenters. The van der Waals surface area contributed by atoms with Crippen molar-refractivity contribution in [2.24, 2.45) is 10.9 Å². The van der Waals surface area contributed by atoms with Crippen LogP contribution in [-0.2, 0) is 29.0 Å². The van der Waals surface area contributed by atoms with Gasteiger partial charge >= 0.3 is 5.97 Å². The van der Waals surface area contributed by atoms with E-state index in [4.69, 9.17) is 30.8 Å². The number of benzene rings is 1. The Morgan fingerprint density at radius 2 is 2.00 bits per heavy atom. The number of esters is 1. The van der Waals surface area contributed by atoms with Gasteiger partial charge in [-0.2, -0.15) is 0 Å². The summed E-state index contributed by atoms with van der Waals surface area (Å²) in [5, 5.41) is 5.82. The van der Waals surface area contributed by atoms with Gasteiger partial charge in [-0.1, -0.05) is 17.7 Å². The molecule has 0 amide bonds. The van der Waals surface area contributed by atoms with Gasteiger partial charge in [0, 0.05) is 54.0 Å². The summed E-state index contributed by atoms with van der Waals surface area (Å²) >= 11 is 7.78. The number of halogens is 2. The Kier molecular flexibility index (Phi) is 10.1. The van der Waals surface area contributed by atoms with E-state index >= 15 is 0 Å². The Morgan fingerprint density at radius 3 is 2.64 bits per heavy atom. The zero-order valence-corrected chi connectivity index (χ0v) is 24.0. The van der Waals surface area contributed by atoms with E-state index in [0.717, 1.165) is 0 Å². The molecule has 14 heteroatoms. The molecule has 1 aromatic carbocycles. The van der Waals surface area contributed by atoms with Crippen molar-refractivity contribution >= 4 is 44.8 Å². The fourth-order valence-electron chi connectivity index (χ4n) is 4.58. The van der Waals surface area contributed by atoms with Crippen molar-refractivity contribution in [1.29, 1.82) is 0 Å². The topological polar surface area (TPSA) is 119 Å². The first kappa shape index (κ1) is 29.6. The molecule has 0 spiro atoms. The van der Waals surface area contributed by atoms with E-state index in [1.807, 2.05) is 0 Å². The number of amidine groups is 1. The van der Waals surface area contributed by atoms with Crippen molar-refractivity contribution in [2.45, 2.75) is 18.9 Å². The SMILES string of the molecule is COCCOCCS(=O)(=O)N1CCC(C2=C(C(=O)OC)[C@@H](c3ccc(F)cc3Cl)N=C(c3nccs3)N2)CC1. The first-order chi connectivity index (χ1) is 18.7. The van der Waals surface area contributed by atoms with Crippen LogP contribution in [0.4, 0.5) is 4.39 Å². The second kappa shape index (κ2) is 13.3. The number of aromatic nitrogens is 1. The monoisotopic (exact) mass is 600 g/mol. The lowest BCUT2D eigenvalue weighted by Crippen LogP contribution is -2.44. The van der Waals surface area contributed by atoms with Crippen LogP contribution in [0.15, 0.2) is 46.0 Å². The fraction of sp³-hybridized carbons (Fsp3) is 0.480. The van der Waals surface area contributed by atoms with Crippen molar-refractivity contribution in [3.05, 3.63) is 62.5 Å². The van der Waals surface area contributed by atoms with E-state index in [2.05, 4.69) is 10.3 Å². The van der Waals surface area contributed by atoms with Gasteiger partial charge in [-0.05, 0) is 25.0 Å². The summed E-state index contributed by atoms with van der Waals surface area (Å²) in [5.74, 6) is -0.991. The predicted octanol–water partition coefficient (Wildman–Crippen LogP) is 3.16. The number of aliphatic imine (C=N–C) groups is 1. The molecule has 0 unspecified atom stereocenters. The molecule has 0 aliphatic carbocycles. The van der Waals surface area contributed by atoms with Gasteiger partial charge in [0.05, 0.1) is 38.3 Å². The van der Waals surface area contributed by atoms with Crippen LogP contribution < -0.4 is 5.32 Å². The molecule has 2 aliphatic rings. The van der Waals surface area contributed by atoms with Crippen LogP contribution in [-0.4, -0.2) is 82.4 Å². The number of piperidine rings is 1. The number of nitrogens with one attached hydrogen (secondary N) is 1. The number of sulfonamides is 1. The number of nitrogens with zero attached hydrogens (tertiary/aromatic N) is 3. The van der Waals surface area contributed by atoms with Gasteiger partial charge in [-0.25, -0.2) is 26.9 Å². The smallest absolute Gasteiger partial charge is 0.338 e. The maximum Gasteiger partial charge on any atom is 0.338 e. The minimum absolute atomic E-state index is 0.0819. The highest BCUT2D eigenvalue weighted by molar-refractivity contribution is 7.89. The van der Waals surface area contributed by atoms with E-state index in [-0.39, 0.29) is 42.0 Å². The van der Waals surface area contributed by atoms with Gasteiger partial charge in [0.2, 0.25) is 10.0 Å². The summed E-state index contributed by atoms with van der Waals surface area (Å²) in [6.45, 7) is 1.35. The molecule has 0 saturated carbocycles. The van der Waals surface area contributed by atoms with Gasteiger partial charge in [-0.3, -0.25) is 4.99 Å². The van der Waals surface area contributed by atoms with E-state index < -0.39 is 27.9 Å². The molecule has 2 aliphatic heterocycles. The van der Waals surface area contributed by atoms with E-state index in [1.54, 1.807) is 18.7 Å². The maximum absolute atomic E-state index is 13.9. The van der Waals surface area contributed by atoms with Crippen molar-refractivity contribution in [3.8, 4) is 0 Å².